The van der Waals surface area contributed by atoms with Gasteiger partial charge >= 0.3 is 0 Å². The molecule has 0 radical (unpaired) electrons. The van der Waals surface area contributed by atoms with E-state index in [4.69, 9.17) is 0 Å². The van der Waals surface area contributed by atoms with Gasteiger partial charge in [-0.3, -0.25) is 0 Å². The van der Waals surface area contributed by atoms with E-state index in [-0.39, 0.29) is 16.8 Å². The number of halogens is 2. The zero-order chi connectivity index (χ0) is 15.7. The van der Waals surface area contributed by atoms with Crippen molar-refractivity contribution in [2.75, 3.05) is 6.54 Å². The number of benzene rings is 2. The van der Waals surface area contributed by atoms with Crippen molar-refractivity contribution >= 4 is 26.0 Å². The van der Waals surface area contributed by atoms with Gasteiger partial charge in [-0.1, -0.05) is 28.1 Å². The van der Waals surface area contributed by atoms with Crippen molar-refractivity contribution in [1.29, 1.82) is 0 Å². The highest BCUT2D eigenvalue weighted by Crippen LogP contribution is 2.36. The van der Waals surface area contributed by atoms with E-state index in [9.17, 15) is 12.8 Å². The van der Waals surface area contributed by atoms with Crippen molar-refractivity contribution in [3.63, 3.8) is 0 Å². The van der Waals surface area contributed by atoms with Gasteiger partial charge in [-0.2, -0.15) is 4.31 Å². The zero-order valence-corrected chi connectivity index (χ0v) is 14.1. The average molecular weight is 384 g/mol. The van der Waals surface area contributed by atoms with Gasteiger partial charge in [0.05, 0.1) is 10.9 Å². The number of hydrogen-bond donors (Lipinski definition) is 0. The number of rotatable bonds is 3. The van der Waals surface area contributed by atoms with Crippen LogP contribution in [-0.2, 0) is 10.0 Å². The summed E-state index contributed by atoms with van der Waals surface area (Å²) in [6.45, 7) is 0.487. The maximum Gasteiger partial charge on any atom is 0.243 e. The molecule has 2 aromatic rings. The van der Waals surface area contributed by atoms with Crippen LogP contribution < -0.4 is 0 Å². The summed E-state index contributed by atoms with van der Waals surface area (Å²) in [6.07, 6.45) is 1.55. The van der Waals surface area contributed by atoms with Crippen LogP contribution in [0.15, 0.2) is 57.9 Å². The Morgan fingerprint density at radius 3 is 2.32 bits per heavy atom. The summed E-state index contributed by atoms with van der Waals surface area (Å²) in [6, 6.07) is 12.5. The van der Waals surface area contributed by atoms with E-state index in [1.807, 2.05) is 0 Å². The molecule has 1 fully saturated rings. The fourth-order valence-corrected chi connectivity index (χ4v) is 4.73. The van der Waals surface area contributed by atoms with Crippen molar-refractivity contribution in [1.82, 2.24) is 4.31 Å². The Kier molecular flexibility index (Phi) is 4.34. The van der Waals surface area contributed by atoms with Crippen molar-refractivity contribution in [2.45, 2.75) is 23.8 Å². The minimum Gasteiger partial charge on any atom is -0.207 e. The van der Waals surface area contributed by atoms with Crippen LogP contribution in [0, 0.1) is 5.82 Å². The second-order valence-electron chi connectivity index (χ2n) is 5.28. The second-order valence-corrected chi connectivity index (χ2v) is 8.09. The molecule has 6 heteroatoms. The van der Waals surface area contributed by atoms with Crippen LogP contribution in [0.25, 0.3) is 0 Å². The van der Waals surface area contributed by atoms with E-state index in [1.165, 1.54) is 16.4 Å². The number of hydrogen-bond acceptors (Lipinski definition) is 2. The molecule has 0 aromatic heterocycles. The summed E-state index contributed by atoms with van der Waals surface area (Å²) >= 11 is 3.31. The first-order valence-electron chi connectivity index (χ1n) is 7.01. The third kappa shape index (κ3) is 2.95. The summed E-state index contributed by atoms with van der Waals surface area (Å²) in [5.74, 6) is -0.316. The molecule has 1 atom stereocenters. The molecule has 22 heavy (non-hydrogen) atoms. The van der Waals surface area contributed by atoms with Gasteiger partial charge < -0.3 is 0 Å². The Morgan fingerprint density at radius 1 is 1.05 bits per heavy atom. The molecule has 0 saturated carbocycles. The predicted octanol–water partition coefficient (Wildman–Crippen LogP) is 4.11. The van der Waals surface area contributed by atoms with Crippen molar-refractivity contribution < 1.29 is 12.8 Å². The Hall–Kier alpha value is -1.24. The van der Waals surface area contributed by atoms with E-state index >= 15 is 0 Å². The first-order valence-corrected chi connectivity index (χ1v) is 9.25. The minimum absolute atomic E-state index is 0.228. The molecular formula is C16H15BrFNO2S. The van der Waals surface area contributed by atoms with Gasteiger partial charge in [0.15, 0.2) is 0 Å². The van der Waals surface area contributed by atoms with Crippen LogP contribution in [0.5, 0.6) is 0 Å². The Bertz CT molecular complexity index is 760. The van der Waals surface area contributed by atoms with E-state index in [2.05, 4.69) is 15.9 Å². The lowest BCUT2D eigenvalue weighted by Crippen LogP contribution is -2.30. The molecule has 1 saturated heterocycles. The van der Waals surface area contributed by atoms with Gasteiger partial charge in [0, 0.05) is 11.0 Å². The van der Waals surface area contributed by atoms with Crippen LogP contribution in [0.4, 0.5) is 4.39 Å². The third-order valence-corrected chi connectivity index (χ3v) is 6.33. The van der Waals surface area contributed by atoms with Crippen molar-refractivity contribution in [3.05, 3.63) is 64.4 Å². The fourth-order valence-electron chi connectivity index (χ4n) is 2.79. The summed E-state index contributed by atoms with van der Waals surface area (Å²) in [7, 11) is -3.54. The Morgan fingerprint density at radius 2 is 1.68 bits per heavy atom. The summed E-state index contributed by atoms with van der Waals surface area (Å²) in [5.41, 5.74) is 0.833. The third-order valence-electron chi connectivity index (χ3n) is 3.88. The summed E-state index contributed by atoms with van der Waals surface area (Å²) in [4.78, 5) is 0.282. The van der Waals surface area contributed by atoms with Crippen LogP contribution in [0.3, 0.4) is 0 Å². The van der Waals surface area contributed by atoms with Crippen LogP contribution in [-0.4, -0.2) is 19.3 Å². The van der Waals surface area contributed by atoms with Gasteiger partial charge in [-0.25, -0.2) is 12.8 Å². The summed E-state index contributed by atoms with van der Waals surface area (Å²) in [5, 5.41) is 0. The van der Waals surface area contributed by atoms with Crippen molar-refractivity contribution in [3.8, 4) is 0 Å². The molecule has 0 N–H and O–H groups in total. The van der Waals surface area contributed by atoms with E-state index in [0.29, 0.717) is 6.54 Å². The van der Waals surface area contributed by atoms with Gasteiger partial charge in [0.25, 0.3) is 0 Å². The number of nitrogens with zero attached hydrogens (tertiary/aromatic N) is 1. The molecule has 0 bridgehead atoms. The highest BCUT2D eigenvalue weighted by Gasteiger charge is 2.36. The number of sulfonamides is 1. The lowest BCUT2D eigenvalue weighted by molar-refractivity contribution is 0.396. The Labute approximate surface area is 137 Å². The lowest BCUT2D eigenvalue weighted by Gasteiger charge is -2.24. The molecule has 0 spiro atoms. The highest BCUT2D eigenvalue weighted by atomic mass is 79.9. The predicted molar refractivity (Wildman–Crippen MR) is 86.4 cm³/mol. The molecule has 2 aromatic carbocycles. The normalized spacial score (nSPS) is 19.5. The maximum absolute atomic E-state index is 13.1. The molecular weight excluding hydrogens is 369 g/mol. The highest BCUT2D eigenvalue weighted by molar-refractivity contribution is 9.10. The SMILES string of the molecule is O=S(=O)(c1ccc(Br)cc1)N1CCCC1c1ccc(F)cc1. The fraction of sp³-hybridized carbons (Fsp3) is 0.250. The van der Waals surface area contributed by atoms with Crippen molar-refractivity contribution in [2.24, 2.45) is 0 Å². The molecule has 0 amide bonds. The molecule has 1 aliphatic rings. The largest absolute Gasteiger partial charge is 0.243 e. The second kappa shape index (κ2) is 6.10. The van der Waals surface area contributed by atoms with Gasteiger partial charge in [0.1, 0.15) is 5.82 Å². The molecule has 3 rings (SSSR count). The molecule has 1 heterocycles. The van der Waals surface area contributed by atoms with E-state index in [0.717, 1.165) is 22.9 Å². The maximum atomic E-state index is 13.1. The van der Waals surface area contributed by atoms with E-state index in [1.54, 1.807) is 36.4 Å². The van der Waals surface area contributed by atoms with Gasteiger partial charge in [0.2, 0.25) is 10.0 Å². The first-order chi connectivity index (χ1) is 10.5. The van der Waals surface area contributed by atoms with Gasteiger partial charge in [-0.05, 0) is 54.8 Å². The smallest absolute Gasteiger partial charge is 0.207 e. The topological polar surface area (TPSA) is 37.4 Å². The lowest BCUT2D eigenvalue weighted by atomic mass is 10.1. The van der Waals surface area contributed by atoms with Crippen LogP contribution in [0.1, 0.15) is 24.4 Å². The summed E-state index contributed by atoms with van der Waals surface area (Å²) < 4.78 is 41.1. The molecule has 1 unspecified atom stereocenters. The first kappa shape index (κ1) is 15.6. The molecule has 1 aliphatic heterocycles. The van der Waals surface area contributed by atoms with Crippen LogP contribution in [0.2, 0.25) is 0 Å². The van der Waals surface area contributed by atoms with Crippen LogP contribution >= 0.6 is 15.9 Å². The standard InChI is InChI=1S/C16H15BrFNO2S/c17-13-5-9-15(10-6-13)22(20,21)19-11-1-2-16(19)12-3-7-14(18)8-4-12/h3-10,16H,1-2,11H2. The van der Waals surface area contributed by atoms with E-state index < -0.39 is 10.0 Å². The zero-order valence-electron chi connectivity index (χ0n) is 11.7. The molecule has 0 aliphatic carbocycles. The van der Waals surface area contributed by atoms with Gasteiger partial charge in [-0.15, -0.1) is 0 Å². The average Bonchev–Trinajstić information content (AvgIpc) is 2.99. The Balaban J connectivity index is 1.95. The quantitative estimate of drug-likeness (QED) is 0.799. The minimum atomic E-state index is -3.54. The monoisotopic (exact) mass is 383 g/mol. The molecule has 116 valence electrons. The molecule has 3 nitrogen and oxygen atoms in total.